The number of rotatable bonds is 16. The van der Waals surface area contributed by atoms with Gasteiger partial charge in [-0.3, -0.25) is 14.6 Å². The lowest BCUT2D eigenvalue weighted by molar-refractivity contribution is -0.130. The molecular formula is C39H48ClN9O7. The molecular weight excluding hydrogens is 742 g/mol. The second kappa shape index (κ2) is 21.1. The highest BCUT2D eigenvalue weighted by Crippen LogP contribution is 2.29. The van der Waals surface area contributed by atoms with Crippen molar-refractivity contribution < 1.29 is 33.5 Å². The zero-order valence-corrected chi connectivity index (χ0v) is 33.1. The number of carbonyl (C=O) groups excluding carboxylic acids is 4. The Hall–Kier alpha value is -6.08. The summed E-state index contributed by atoms with van der Waals surface area (Å²) >= 11 is 6.48. The number of fused-ring (bicyclic) bond motifs is 1. The van der Waals surface area contributed by atoms with E-state index in [9.17, 15) is 19.2 Å². The Kier molecular flexibility index (Phi) is 16.1. The quantitative estimate of drug-likeness (QED) is 0.0551. The maximum absolute atomic E-state index is 12.5. The summed E-state index contributed by atoms with van der Waals surface area (Å²) in [5.41, 5.74) is 12.5. The fourth-order valence-electron chi connectivity index (χ4n) is 5.61. The number of aromatic nitrogens is 4. The van der Waals surface area contributed by atoms with Gasteiger partial charge in [0, 0.05) is 75.7 Å². The fraction of sp³-hybridized carbons (Fsp3) is 0.410. The number of nitrogens with one attached hydrogen (secondary N) is 2. The maximum atomic E-state index is 12.5. The lowest BCUT2D eigenvalue weighted by Crippen LogP contribution is -2.40. The first-order valence-electron chi connectivity index (χ1n) is 18.1. The van der Waals surface area contributed by atoms with Gasteiger partial charge in [-0.05, 0) is 38.8 Å². The van der Waals surface area contributed by atoms with Crippen molar-refractivity contribution in [3.63, 3.8) is 0 Å². The van der Waals surface area contributed by atoms with Crippen LogP contribution in [-0.2, 0) is 25.7 Å². The number of ether oxygens (including phenoxy) is 2. The van der Waals surface area contributed by atoms with Gasteiger partial charge in [-0.2, -0.15) is 10.5 Å². The van der Waals surface area contributed by atoms with Crippen LogP contribution in [0.4, 0.5) is 21.2 Å². The molecule has 16 nitrogen and oxygen atoms in total. The van der Waals surface area contributed by atoms with E-state index in [2.05, 4.69) is 37.6 Å². The van der Waals surface area contributed by atoms with Gasteiger partial charge in [0.05, 0.1) is 30.3 Å². The molecule has 0 saturated heterocycles. The molecule has 4 amide bonds. The van der Waals surface area contributed by atoms with Crippen LogP contribution in [0.3, 0.4) is 0 Å². The first-order chi connectivity index (χ1) is 26.9. The van der Waals surface area contributed by atoms with Crippen molar-refractivity contribution in [2.24, 2.45) is 0 Å². The Morgan fingerprint density at radius 3 is 2.32 bits per heavy atom. The van der Waals surface area contributed by atoms with E-state index < -0.39 is 18.1 Å². The number of aryl methyl sites for hydroxylation is 1. The normalized spacial score (nSPS) is 10.6. The smallest absolute Gasteiger partial charge is 0.433 e. The molecule has 4 rings (SSSR count). The largest absolute Gasteiger partial charge is 0.496 e. The molecule has 0 saturated carbocycles. The Balaban J connectivity index is 1.14. The number of unbranched alkanes of at least 4 members (excludes halogenated alkanes) is 3. The third-order valence-electron chi connectivity index (χ3n) is 8.70. The van der Waals surface area contributed by atoms with Crippen molar-refractivity contribution in [2.45, 2.75) is 65.3 Å². The van der Waals surface area contributed by atoms with Crippen LogP contribution in [0.25, 0.3) is 11.0 Å². The summed E-state index contributed by atoms with van der Waals surface area (Å²) in [6.45, 7) is 4.52. The highest BCUT2D eigenvalue weighted by Gasteiger charge is 2.18. The van der Waals surface area contributed by atoms with Crippen LogP contribution in [0.5, 0.6) is 5.75 Å². The van der Waals surface area contributed by atoms with Crippen molar-refractivity contribution in [1.82, 2.24) is 34.8 Å². The molecule has 0 atom stereocenters. The SMILES string of the molecule is COc1c(C)cnc(Cn2cc(C#CCCOC(=O)N(C)CCN(C)C(=O)ONC(=O)CCCCCCC(=O)Nc3ccccc3)c3c(Cl)nc(N)nc32)c1C. The summed E-state index contributed by atoms with van der Waals surface area (Å²) in [5.74, 6) is 6.39. The molecule has 0 aliphatic carbocycles. The van der Waals surface area contributed by atoms with Crippen molar-refractivity contribution in [3.05, 3.63) is 70.3 Å². The topological polar surface area (TPSA) is 196 Å². The number of nitrogen functional groups attached to an aromatic ring is 1. The van der Waals surface area contributed by atoms with Gasteiger partial charge in [0.25, 0.3) is 5.91 Å². The van der Waals surface area contributed by atoms with E-state index in [1.165, 1.54) is 23.9 Å². The Bertz CT molecular complexity index is 2060. The van der Waals surface area contributed by atoms with E-state index >= 15 is 0 Å². The molecule has 4 aromatic rings. The molecule has 0 unspecified atom stereocenters. The number of para-hydroxylation sites is 1. The molecule has 298 valence electrons. The zero-order chi connectivity index (χ0) is 40.6. The standard InChI is InChI=1S/C39H48ClN9O7/c1-26-23-42-30(27(2)34(26)54-5)25-49-24-28(33-35(40)44-37(41)45-36(33)49)15-13-14-22-55-38(52)47(3)20-21-48(4)39(53)56-46-32(51)19-12-7-6-11-18-31(50)43-29-16-9-8-10-17-29/h8-10,16-17,23-24H,6-7,11-12,14,18-22,25H2,1-5H3,(H,43,50)(H,46,51)(H2,41,44,45). The minimum atomic E-state index is -0.778. The number of nitrogens with zero attached hydrogens (tertiary/aromatic N) is 6. The number of carbonyl (C=O) groups is 4. The molecule has 3 aromatic heterocycles. The maximum Gasteiger partial charge on any atom is 0.433 e. The minimum Gasteiger partial charge on any atom is -0.496 e. The van der Waals surface area contributed by atoms with Crippen LogP contribution >= 0.6 is 11.6 Å². The van der Waals surface area contributed by atoms with Crippen LogP contribution in [0.1, 0.15) is 67.3 Å². The Morgan fingerprint density at radius 1 is 0.946 bits per heavy atom. The number of methoxy groups -OCH3 is 1. The van der Waals surface area contributed by atoms with Crippen molar-refractivity contribution in [3.8, 4) is 17.6 Å². The minimum absolute atomic E-state index is 0.0196. The van der Waals surface area contributed by atoms with E-state index in [1.54, 1.807) is 19.5 Å². The van der Waals surface area contributed by atoms with Crippen LogP contribution in [0.2, 0.25) is 5.15 Å². The monoisotopic (exact) mass is 789 g/mol. The lowest BCUT2D eigenvalue weighted by atomic mass is 10.1. The number of benzene rings is 1. The number of halogens is 1. The van der Waals surface area contributed by atoms with Crippen molar-refractivity contribution in [1.29, 1.82) is 0 Å². The third-order valence-corrected chi connectivity index (χ3v) is 8.97. The lowest BCUT2D eigenvalue weighted by Gasteiger charge is -2.21. The second-order valence-corrected chi connectivity index (χ2v) is 13.4. The van der Waals surface area contributed by atoms with E-state index in [0.29, 0.717) is 42.4 Å². The van der Waals surface area contributed by atoms with E-state index in [-0.39, 0.29) is 49.5 Å². The highest BCUT2D eigenvalue weighted by molar-refractivity contribution is 6.34. The van der Waals surface area contributed by atoms with Gasteiger partial charge in [-0.15, -0.1) is 0 Å². The van der Waals surface area contributed by atoms with Gasteiger partial charge in [0.15, 0.2) is 0 Å². The molecule has 3 heterocycles. The van der Waals surface area contributed by atoms with Crippen LogP contribution < -0.4 is 21.3 Å². The number of likely N-dealkylation sites (N-methyl/N-ethyl adjacent to an activating group) is 2. The summed E-state index contributed by atoms with van der Waals surface area (Å²) in [5, 5.41) is 3.55. The van der Waals surface area contributed by atoms with Gasteiger partial charge in [-0.1, -0.05) is 54.5 Å². The average Bonchev–Trinajstić information content (AvgIpc) is 3.52. The van der Waals surface area contributed by atoms with Gasteiger partial charge < -0.3 is 39.7 Å². The van der Waals surface area contributed by atoms with Gasteiger partial charge in [-0.25, -0.2) is 14.6 Å². The van der Waals surface area contributed by atoms with E-state index in [4.69, 9.17) is 31.6 Å². The summed E-state index contributed by atoms with van der Waals surface area (Å²) in [6.07, 6.45) is 5.82. The molecule has 56 heavy (non-hydrogen) atoms. The average molecular weight is 790 g/mol. The number of pyridine rings is 1. The Labute approximate surface area is 331 Å². The molecule has 0 aliphatic rings. The molecule has 0 aliphatic heterocycles. The first kappa shape index (κ1) is 42.7. The summed E-state index contributed by atoms with van der Waals surface area (Å²) < 4.78 is 12.8. The van der Waals surface area contributed by atoms with Crippen LogP contribution in [-0.4, -0.2) is 94.2 Å². The van der Waals surface area contributed by atoms with Crippen molar-refractivity contribution in [2.75, 3.05) is 52.0 Å². The van der Waals surface area contributed by atoms with Gasteiger partial charge in [0.2, 0.25) is 11.9 Å². The molecule has 0 bridgehead atoms. The molecule has 17 heteroatoms. The number of nitrogens with two attached hydrogens (primary N) is 1. The summed E-state index contributed by atoms with van der Waals surface area (Å²) in [7, 11) is 4.64. The summed E-state index contributed by atoms with van der Waals surface area (Å²) in [6, 6.07) is 9.25. The van der Waals surface area contributed by atoms with Crippen LogP contribution in [0.15, 0.2) is 42.7 Å². The van der Waals surface area contributed by atoms with E-state index in [1.807, 2.05) is 48.7 Å². The number of hydrogen-bond acceptors (Lipinski definition) is 11. The number of hydroxylamine groups is 1. The second-order valence-electron chi connectivity index (χ2n) is 13.0. The predicted molar refractivity (Wildman–Crippen MR) is 212 cm³/mol. The summed E-state index contributed by atoms with van der Waals surface area (Å²) in [4.78, 5) is 69.5. The van der Waals surface area contributed by atoms with Crippen molar-refractivity contribution >= 4 is 58.3 Å². The first-order valence-corrected chi connectivity index (χ1v) is 18.5. The fourth-order valence-corrected chi connectivity index (χ4v) is 5.88. The van der Waals surface area contributed by atoms with Gasteiger partial charge >= 0.3 is 12.2 Å². The molecule has 0 fully saturated rings. The zero-order valence-electron chi connectivity index (χ0n) is 32.3. The van der Waals surface area contributed by atoms with Gasteiger partial charge in [0.1, 0.15) is 23.2 Å². The number of amides is 4. The Morgan fingerprint density at radius 2 is 1.62 bits per heavy atom. The molecule has 0 spiro atoms. The molecule has 1 aromatic carbocycles. The molecule has 4 N–H and O–H groups in total. The number of hydrogen-bond donors (Lipinski definition) is 3. The predicted octanol–water partition coefficient (Wildman–Crippen LogP) is 5.62. The number of anilines is 2. The van der Waals surface area contributed by atoms with E-state index in [0.717, 1.165) is 41.1 Å². The molecule has 0 radical (unpaired) electrons. The highest BCUT2D eigenvalue weighted by atomic mass is 35.5. The van der Waals surface area contributed by atoms with Crippen LogP contribution in [0, 0.1) is 25.7 Å². The third kappa shape index (κ3) is 12.5.